The molecule has 4 N–H and O–H groups in total. The molecule has 6 heteroatoms. The summed E-state index contributed by atoms with van der Waals surface area (Å²) in [5.74, 6) is 0.179. The number of aromatic amines is 1. The summed E-state index contributed by atoms with van der Waals surface area (Å²) in [5, 5.41) is 4.06. The first-order chi connectivity index (χ1) is 12.2. The Hall–Kier alpha value is -2.09. The Kier molecular flexibility index (Phi) is 5.80. The first kappa shape index (κ1) is 18.7. The lowest BCUT2D eigenvalue weighted by Gasteiger charge is -2.08. The second kappa shape index (κ2) is 8.07. The van der Waals surface area contributed by atoms with Crippen molar-refractivity contribution in [1.82, 2.24) is 4.98 Å². The fraction of sp³-hybridized carbons (Fsp3) is 0.250. The van der Waals surface area contributed by atoms with Gasteiger partial charge in [-0.05, 0) is 72.7 Å². The van der Waals surface area contributed by atoms with Gasteiger partial charge < -0.3 is 16.0 Å². The molecule has 1 aromatic heterocycles. The fourth-order valence-electron chi connectivity index (χ4n) is 3.49. The second-order valence-electron chi connectivity index (χ2n) is 6.48. The number of nitrogens with one attached hydrogen (secondary N) is 2. The predicted octanol–water partition coefficient (Wildman–Crippen LogP) is 4.38. The standard InChI is InChI=1S/C20H21FN4.HI/c21-16-5-7-19-18(11-16)15(12-24-19)8-9-23-20(22)25-17-6-4-13-2-1-3-14(13)10-17;/h4-7,10-12,24H,1-3,8-9H2,(H3,22,23,25);1H. The van der Waals surface area contributed by atoms with Gasteiger partial charge in [0, 0.05) is 29.3 Å². The van der Waals surface area contributed by atoms with Crippen LogP contribution in [0.3, 0.4) is 0 Å². The van der Waals surface area contributed by atoms with Gasteiger partial charge in [-0.15, -0.1) is 24.0 Å². The van der Waals surface area contributed by atoms with Gasteiger partial charge in [-0.3, -0.25) is 4.99 Å². The molecule has 0 aliphatic heterocycles. The summed E-state index contributed by atoms with van der Waals surface area (Å²) < 4.78 is 13.4. The molecule has 26 heavy (non-hydrogen) atoms. The Morgan fingerprint density at radius 3 is 2.88 bits per heavy atom. The number of benzene rings is 2. The minimum atomic E-state index is -0.227. The van der Waals surface area contributed by atoms with Crippen LogP contribution in [0.4, 0.5) is 10.1 Å². The van der Waals surface area contributed by atoms with E-state index in [9.17, 15) is 4.39 Å². The van der Waals surface area contributed by atoms with Crippen LogP contribution in [0.2, 0.25) is 0 Å². The number of anilines is 1. The van der Waals surface area contributed by atoms with Gasteiger partial charge in [0.2, 0.25) is 0 Å². The van der Waals surface area contributed by atoms with E-state index in [1.165, 1.54) is 30.0 Å². The predicted molar refractivity (Wildman–Crippen MR) is 116 cm³/mol. The van der Waals surface area contributed by atoms with E-state index in [2.05, 4.69) is 33.5 Å². The smallest absolute Gasteiger partial charge is 0.193 e. The summed E-state index contributed by atoms with van der Waals surface area (Å²) in [4.78, 5) is 7.55. The lowest BCUT2D eigenvalue weighted by Crippen LogP contribution is -2.23. The molecule has 0 saturated carbocycles. The number of H-pyrrole nitrogens is 1. The zero-order valence-electron chi connectivity index (χ0n) is 14.4. The molecule has 0 atom stereocenters. The molecule has 4 nitrogen and oxygen atoms in total. The summed E-state index contributed by atoms with van der Waals surface area (Å²) in [5.41, 5.74) is 11.8. The van der Waals surface area contributed by atoms with Crippen molar-refractivity contribution in [3.63, 3.8) is 0 Å². The second-order valence-corrected chi connectivity index (χ2v) is 6.48. The van der Waals surface area contributed by atoms with Gasteiger partial charge in [-0.1, -0.05) is 6.07 Å². The van der Waals surface area contributed by atoms with E-state index in [-0.39, 0.29) is 29.8 Å². The largest absolute Gasteiger partial charge is 0.370 e. The molecule has 1 heterocycles. The van der Waals surface area contributed by atoms with E-state index < -0.39 is 0 Å². The molecular weight excluding hydrogens is 442 g/mol. The van der Waals surface area contributed by atoms with Crippen LogP contribution in [0.1, 0.15) is 23.1 Å². The molecule has 1 aliphatic rings. The molecular formula is C20H22FIN4. The average molecular weight is 464 g/mol. The van der Waals surface area contributed by atoms with Gasteiger partial charge in [0.1, 0.15) is 5.82 Å². The van der Waals surface area contributed by atoms with E-state index in [1.54, 1.807) is 12.1 Å². The summed E-state index contributed by atoms with van der Waals surface area (Å²) in [6.45, 7) is 0.549. The van der Waals surface area contributed by atoms with Gasteiger partial charge in [-0.25, -0.2) is 4.39 Å². The van der Waals surface area contributed by atoms with Crippen molar-refractivity contribution in [3.8, 4) is 0 Å². The fourth-order valence-corrected chi connectivity index (χ4v) is 3.49. The molecule has 1 aliphatic carbocycles. The van der Waals surface area contributed by atoms with Crippen LogP contribution < -0.4 is 11.1 Å². The van der Waals surface area contributed by atoms with E-state index in [0.29, 0.717) is 18.9 Å². The van der Waals surface area contributed by atoms with Gasteiger partial charge in [0.05, 0.1) is 0 Å². The lowest BCUT2D eigenvalue weighted by atomic mass is 10.1. The Labute approximate surface area is 169 Å². The Morgan fingerprint density at radius 2 is 2.00 bits per heavy atom. The number of halogens is 2. The molecule has 2 aromatic carbocycles. The normalized spacial score (nSPS) is 13.5. The summed E-state index contributed by atoms with van der Waals surface area (Å²) in [6.07, 6.45) is 6.15. The third-order valence-corrected chi connectivity index (χ3v) is 4.76. The highest BCUT2D eigenvalue weighted by atomic mass is 127. The molecule has 0 fully saturated rings. The van der Waals surface area contributed by atoms with Crippen molar-refractivity contribution in [3.05, 3.63) is 65.1 Å². The lowest BCUT2D eigenvalue weighted by molar-refractivity contribution is 0.629. The van der Waals surface area contributed by atoms with E-state index in [0.717, 1.165) is 28.6 Å². The van der Waals surface area contributed by atoms with Crippen LogP contribution in [0.5, 0.6) is 0 Å². The molecule has 0 saturated heterocycles. The van der Waals surface area contributed by atoms with E-state index >= 15 is 0 Å². The summed E-state index contributed by atoms with van der Waals surface area (Å²) in [6, 6.07) is 11.1. The van der Waals surface area contributed by atoms with Crippen LogP contribution in [-0.4, -0.2) is 17.5 Å². The quantitative estimate of drug-likeness (QED) is 0.305. The first-order valence-electron chi connectivity index (χ1n) is 8.63. The molecule has 0 amide bonds. The van der Waals surface area contributed by atoms with Crippen LogP contribution in [0.15, 0.2) is 47.6 Å². The van der Waals surface area contributed by atoms with Gasteiger partial charge in [0.25, 0.3) is 0 Å². The summed E-state index contributed by atoms with van der Waals surface area (Å²) >= 11 is 0. The number of aryl methyl sites for hydroxylation is 2. The highest BCUT2D eigenvalue weighted by Crippen LogP contribution is 2.24. The van der Waals surface area contributed by atoms with Crippen molar-refractivity contribution in [2.75, 3.05) is 11.9 Å². The Morgan fingerprint density at radius 1 is 1.15 bits per heavy atom. The third-order valence-electron chi connectivity index (χ3n) is 4.76. The highest BCUT2D eigenvalue weighted by molar-refractivity contribution is 14.0. The van der Waals surface area contributed by atoms with Crippen molar-refractivity contribution in [2.45, 2.75) is 25.7 Å². The highest BCUT2D eigenvalue weighted by Gasteiger charge is 2.11. The zero-order chi connectivity index (χ0) is 17.2. The molecule has 0 unspecified atom stereocenters. The third kappa shape index (κ3) is 4.00. The molecule has 4 rings (SSSR count). The minimum absolute atomic E-state index is 0. The molecule has 0 spiro atoms. The maximum atomic E-state index is 13.4. The topological polar surface area (TPSA) is 66.2 Å². The summed E-state index contributed by atoms with van der Waals surface area (Å²) in [7, 11) is 0. The van der Waals surface area contributed by atoms with Crippen LogP contribution >= 0.6 is 24.0 Å². The van der Waals surface area contributed by atoms with Crippen LogP contribution in [0.25, 0.3) is 10.9 Å². The van der Waals surface area contributed by atoms with E-state index in [4.69, 9.17) is 5.73 Å². The number of hydrogen-bond acceptors (Lipinski definition) is 1. The number of fused-ring (bicyclic) bond motifs is 2. The number of hydrogen-bond donors (Lipinski definition) is 3. The van der Waals surface area contributed by atoms with Crippen molar-refractivity contribution < 1.29 is 4.39 Å². The minimum Gasteiger partial charge on any atom is -0.370 e. The monoisotopic (exact) mass is 464 g/mol. The number of nitrogens with two attached hydrogens (primary N) is 1. The number of aliphatic imine (C=N–C) groups is 1. The molecule has 136 valence electrons. The first-order valence-corrected chi connectivity index (χ1v) is 8.63. The SMILES string of the molecule is I.NC(=NCCc1c[nH]c2ccc(F)cc12)Nc1ccc2c(c1)CCC2. The maximum absolute atomic E-state index is 13.4. The Balaban J connectivity index is 0.00000196. The zero-order valence-corrected chi connectivity index (χ0v) is 16.7. The number of nitrogens with zero attached hydrogens (tertiary/aromatic N) is 1. The van der Waals surface area contributed by atoms with Crippen LogP contribution in [0, 0.1) is 5.82 Å². The molecule has 0 radical (unpaired) electrons. The molecule has 0 bridgehead atoms. The number of rotatable bonds is 4. The van der Waals surface area contributed by atoms with Crippen LogP contribution in [-0.2, 0) is 19.3 Å². The van der Waals surface area contributed by atoms with Gasteiger partial charge in [0.15, 0.2) is 5.96 Å². The van der Waals surface area contributed by atoms with Gasteiger partial charge >= 0.3 is 0 Å². The van der Waals surface area contributed by atoms with E-state index in [1.807, 2.05) is 6.20 Å². The molecule has 3 aromatic rings. The van der Waals surface area contributed by atoms with Crippen molar-refractivity contribution in [1.29, 1.82) is 0 Å². The average Bonchev–Trinajstić information content (AvgIpc) is 3.21. The van der Waals surface area contributed by atoms with Crippen molar-refractivity contribution >= 4 is 46.5 Å². The number of guanidine groups is 1. The number of aromatic nitrogens is 1. The van der Waals surface area contributed by atoms with Gasteiger partial charge in [-0.2, -0.15) is 0 Å². The maximum Gasteiger partial charge on any atom is 0.193 e. The van der Waals surface area contributed by atoms with Crippen molar-refractivity contribution in [2.24, 2.45) is 10.7 Å². The Bertz CT molecular complexity index is 948.